The van der Waals surface area contributed by atoms with E-state index in [1.807, 2.05) is 20.8 Å². The molecule has 0 aromatic carbocycles. The SMILES string of the molecule is CCC(C)(C)OC(=O)CCCNC(=O)NC. The van der Waals surface area contributed by atoms with Gasteiger partial charge >= 0.3 is 12.0 Å². The molecule has 0 unspecified atom stereocenters. The van der Waals surface area contributed by atoms with E-state index in [9.17, 15) is 9.59 Å². The van der Waals surface area contributed by atoms with Gasteiger partial charge in [0.2, 0.25) is 0 Å². The van der Waals surface area contributed by atoms with Gasteiger partial charge in [0, 0.05) is 20.0 Å². The number of amides is 2. The van der Waals surface area contributed by atoms with Crippen molar-refractivity contribution in [2.45, 2.75) is 45.6 Å². The van der Waals surface area contributed by atoms with Crippen LogP contribution < -0.4 is 10.6 Å². The van der Waals surface area contributed by atoms with Crippen LogP contribution >= 0.6 is 0 Å². The normalized spacial score (nSPS) is 10.8. The molecule has 0 aliphatic carbocycles. The van der Waals surface area contributed by atoms with Gasteiger partial charge < -0.3 is 15.4 Å². The number of hydrogen-bond acceptors (Lipinski definition) is 3. The standard InChI is InChI=1S/C11H22N2O3/c1-5-11(2,3)16-9(14)7-6-8-13-10(15)12-4/h5-8H2,1-4H3,(H2,12,13,15). The van der Waals surface area contributed by atoms with E-state index in [-0.39, 0.29) is 12.0 Å². The Hall–Kier alpha value is -1.26. The zero-order chi connectivity index (χ0) is 12.6. The Kier molecular flexibility index (Phi) is 6.53. The van der Waals surface area contributed by atoms with Crippen LogP contribution in [0.2, 0.25) is 0 Å². The highest BCUT2D eigenvalue weighted by atomic mass is 16.6. The molecule has 0 atom stereocenters. The van der Waals surface area contributed by atoms with Crippen LogP contribution in [0.4, 0.5) is 4.79 Å². The summed E-state index contributed by atoms with van der Waals surface area (Å²) in [6, 6.07) is -0.234. The number of urea groups is 1. The molecule has 2 amide bonds. The molecule has 2 N–H and O–H groups in total. The zero-order valence-corrected chi connectivity index (χ0v) is 10.6. The predicted octanol–water partition coefficient (Wildman–Crippen LogP) is 1.43. The number of rotatable bonds is 6. The van der Waals surface area contributed by atoms with Crippen LogP contribution in [0, 0.1) is 0 Å². The van der Waals surface area contributed by atoms with Crippen molar-refractivity contribution in [3.05, 3.63) is 0 Å². The molecule has 5 heteroatoms. The van der Waals surface area contributed by atoms with Gasteiger partial charge in [-0.15, -0.1) is 0 Å². The number of carbonyl (C=O) groups excluding carboxylic acids is 2. The van der Waals surface area contributed by atoms with Crippen molar-refractivity contribution in [1.82, 2.24) is 10.6 Å². The second-order valence-corrected chi connectivity index (χ2v) is 4.20. The fourth-order valence-electron chi connectivity index (χ4n) is 0.954. The first-order chi connectivity index (χ1) is 7.41. The van der Waals surface area contributed by atoms with Crippen molar-refractivity contribution in [2.24, 2.45) is 0 Å². The fraction of sp³-hybridized carbons (Fsp3) is 0.818. The summed E-state index contributed by atoms with van der Waals surface area (Å²) in [7, 11) is 1.55. The summed E-state index contributed by atoms with van der Waals surface area (Å²) < 4.78 is 5.25. The second kappa shape index (κ2) is 7.09. The molecular weight excluding hydrogens is 208 g/mol. The summed E-state index contributed by atoms with van der Waals surface area (Å²) >= 11 is 0. The third-order valence-corrected chi connectivity index (χ3v) is 2.31. The molecule has 0 heterocycles. The summed E-state index contributed by atoms with van der Waals surface area (Å²) in [4.78, 5) is 22.2. The van der Waals surface area contributed by atoms with Gasteiger partial charge in [-0.05, 0) is 26.7 Å². The Balaban J connectivity index is 3.63. The first-order valence-corrected chi connectivity index (χ1v) is 5.58. The number of hydrogen-bond donors (Lipinski definition) is 2. The summed E-state index contributed by atoms with van der Waals surface area (Å²) in [5.74, 6) is -0.217. The van der Waals surface area contributed by atoms with E-state index < -0.39 is 5.60 Å². The second-order valence-electron chi connectivity index (χ2n) is 4.20. The van der Waals surface area contributed by atoms with Crippen molar-refractivity contribution in [1.29, 1.82) is 0 Å². The molecule has 0 radical (unpaired) electrons. The summed E-state index contributed by atoms with van der Waals surface area (Å²) in [6.45, 7) is 6.21. The highest BCUT2D eigenvalue weighted by molar-refractivity contribution is 5.73. The molecule has 0 aromatic rings. The van der Waals surface area contributed by atoms with Gasteiger partial charge in [0.25, 0.3) is 0 Å². The molecule has 0 saturated heterocycles. The van der Waals surface area contributed by atoms with E-state index in [4.69, 9.17) is 4.74 Å². The maximum atomic E-state index is 11.4. The smallest absolute Gasteiger partial charge is 0.314 e. The summed E-state index contributed by atoms with van der Waals surface area (Å²) in [6.07, 6.45) is 1.70. The largest absolute Gasteiger partial charge is 0.460 e. The quantitative estimate of drug-likeness (QED) is 0.536. The average molecular weight is 230 g/mol. The molecule has 0 aliphatic heterocycles. The van der Waals surface area contributed by atoms with Crippen LogP contribution in [-0.2, 0) is 9.53 Å². The minimum Gasteiger partial charge on any atom is -0.460 e. The highest BCUT2D eigenvalue weighted by Crippen LogP contribution is 2.14. The predicted molar refractivity (Wildman–Crippen MR) is 62.2 cm³/mol. The van der Waals surface area contributed by atoms with Crippen LogP contribution in [0.25, 0.3) is 0 Å². The van der Waals surface area contributed by atoms with Crippen molar-refractivity contribution < 1.29 is 14.3 Å². The van der Waals surface area contributed by atoms with Gasteiger partial charge in [0.1, 0.15) is 5.60 Å². The Morgan fingerprint density at radius 3 is 2.44 bits per heavy atom. The Morgan fingerprint density at radius 2 is 1.94 bits per heavy atom. The topological polar surface area (TPSA) is 67.4 Å². The van der Waals surface area contributed by atoms with E-state index in [0.717, 1.165) is 6.42 Å². The molecule has 5 nitrogen and oxygen atoms in total. The maximum Gasteiger partial charge on any atom is 0.314 e. The monoisotopic (exact) mass is 230 g/mol. The number of carbonyl (C=O) groups is 2. The van der Waals surface area contributed by atoms with E-state index >= 15 is 0 Å². The molecule has 0 bridgehead atoms. The Morgan fingerprint density at radius 1 is 1.31 bits per heavy atom. The van der Waals surface area contributed by atoms with Gasteiger partial charge in [-0.3, -0.25) is 4.79 Å². The summed E-state index contributed by atoms with van der Waals surface area (Å²) in [5, 5.41) is 5.04. The van der Waals surface area contributed by atoms with Gasteiger partial charge in [0.15, 0.2) is 0 Å². The van der Waals surface area contributed by atoms with Gasteiger partial charge in [-0.1, -0.05) is 6.92 Å². The van der Waals surface area contributed by atoms with Crippen molar-refractivity contribution in [3.63, 3.8) is 0 Å². The number of esters is 1. The number of ether oxygens (including phenoxy) is 1. The molecule has 0 fully saturated rings. The zero-order valence-electron chi connectivity index (χ0n) is 10.6. The van der Waals surface area contributed by atoms with Crippen LogP contribution in [0.1, 0.15) is 40.0 Å². The molecule has 0 saturated carbocycles. The van der Waals surface area contributed by atoms with Gasteiger partial charge in [-0.25, -0.2) is 4.79 Å². The van der Waals surface area contributed by atoms with Crippen LogP contribution in [-0.4, -0.2) is 31.2 Å². The molecule has 16 heavy (non-hydrogen) atoms. The lowest BCUT2D eigenvalue weighted by molar-refractivity contribution is -0.156. The fourth-order valence-corrected chi connectivity index (χ4v) is 0.954. The third-order valence-electron chi connectivity index (χ3n) is 2.31. The molecule has 94 valence electrons. The van der Waals surface area contributed by atoms with Crippen LogP contribution in [0.5, 0.6) is 0 Å². The molecule has 0 aromatic heterocycles. The van der Waals surface area contributed by atoms with Gasteiger partial charge in [0.05, 0.1) is 0 Å². The lowest BCUT2D eigenvalue weighted by Crippen LogP contribution is -2.33. The maximum absolute atomic E-state index is 11.4. The highest BCUT2D eigenvalue weighted by Gasteiger charge is 2.19. The summed E-state index contributed by atoms with van der Waals surface area (Å²) in [5.41, 5.74) is -0.398. The Labute approximate surface area is 96.9 Å². The first kappa shape index (κ1) is 14.7. The molecular formula is C11H22N2O3. The minimum atomic E-state index is -0.398. The lowest BCUT2D eigenvalue weighted by Gasteiger charge is -2.23. The van der Waals surface area contributed by atoms with E-state index in [1.165, 1.54) is 0 Å². The third kappa shape index (κ3) is 7.09. The Bertz CT molecular complexity index is 239. The van der Waals surface area contributed by atoms with E-state index in [0.29, 0.717) is 19.4 Å². The van der Waals surface area contributed by atoms with E-state index in [2.05, 4.69) is 10.6 Å². The van der Waals surface area contributed by atoms with E-state index in [1.54, 1.807) is 7.05 Å². The average Bonchev–Trinajstić information content (AvgIpc) is 2.23. The first-order valence-electron chi connectivity index (χ1n) is 5.58. The lowest BCUT2D eigenvalue weighted by atomic mass is 10.1. The van der Waals surface area contributed by atoms with Crippen LogP contribution in [0.15, 0.2) is 0 Å². The minimum absolute atomic E-state index is 0.217. The van der Waals surface area contributed by atoms with Gasteiger partial charge in [-0.2, -0.15) is 0 Å². The van der Waals surface area contributed by atoms with Crippen molar-refractivity contribution in [2.75, 3.05) is 13.6 Å². The number of nitrogens with one attached hydrogen (secondary N) is 2. The van der Waals surface area contributed by atoms with Crippen molar-refractivity contribution in [3.8, 4) is 0 Å². The molecule has 0 rings (SSSR count). The van der Waals surface area contributed by atoms with Crippen molar-refractivity contribution >= 4 is 12.0 Å². The molecule has 0 aliphatic rings. The molecule has 0 spiro atoms. The van der Waals surface area contributed by atoms with Crippen LogP contribution in [0.3, 0.4) is 0 Å².